The summed E-state index contributed by atoms with van der Waals surface area (Å²) in [5.41, 5.74) is 0.694. The number of hydrogen-bond donors (Lipinski definition) is 1. The molecule has 0 saturated heterocycles. The Balaban J connectivity index is 1.83. The van der Waals surface area contributed by atoms with Crippen LogP contribution in [0.15, 0.2) is 42.5 Å². The Morgan fingerprint density at radius 3 is 2.81 bits per heavy atom. The predicted molar refractivity (Wildman–Crippen MR) is 73.1 cm³/mol. The number of hydrogen-bond acceptors (Lipinski definition) is 2. The van der Waals surface area contributed by atoms with E-state index in [2.05, 4.69) is 5.32 Å². The lowest BCUT2D eigenvalue weighted by atomic mass is 10.00. The number of nitrogens with one attached hydrogen (secondary N) is 1. The molecule has 0 aromatic heterocycles. The zero-order chi connectivity index (χ0) is 14.8. The van der Waals surface area contributed by atoms with Gasteiger partial charge in [0, 0.05) is 18.1 Å². The lowest BCUT2D eigenvalue weighted by Gasteiger charge is -2.26. The summed E-state index contributed by atoms with van der Waals surface area (Å²) < 4.78 is 32.0. The molecule has 0 fully saturated rings. The van der Waals surface area contributed by atoms with Crippen molar-refractivity contribution in [1.82, 2.24) is 5.32 Å². The summed E-state index contributed by atoms with van der Waals surface area (Å²) in [6.45, 7) is 0.480. The van der Waals surface area contributed by atoms with Gasteiger partial charge in [0.2, 0.25) is 0 Å². The van der Waals surface area contributed by atoms with Crippen LogP contribution < -0.4 is 10.1 Å². The summed E-state index contributed by atoms with van der Waals surface area (Å²) >= 11 is 0. The predicted octanol–water partition coefficient (Wildman–Crippen LogP) is 3.22. The van der Waals surface area contributed by atoms with Crippen LogP contribution in [0.5, 0.6) is 5.75 Å². The van der Waals surface area contributed by atoms with Crippen molar-refractivity contribution < 1.29 is 18.3 Å². The summed E-state index contributed by atoms with van der Waals surface area (Å²) in [6, 6.07) is 10.1. The maximum Gasteiger partial charge on any atom is 0.254 e. The van der Waals surface area contributed by atoms with Crippen LogP contribution in [0, 0.1) is 11.6 Å². The molecule has 5 heteroatoms. The first kappa shape index (κ1) is 13.5. The molecule has 1 aliphatic rings. The van der Waals surface area contributed by atoms with Crippen LogP contribution in [0.1, 0.15) is 28.4 Å². The fourth-order valence-corrected chi connectivity index (χ4v) is 2.40. The molecule has 0 spiro atoms. The van der Waals surface area contributed by atoms with Crippen molar-refractivity contribution in [3.8, 4) is 5.75 Å². The smallest absolute Gasteiger partial charge is 0.254 e. The Bertz CT molecular complexity index is 688. The molecule has 2 aromatic carbocycles. The normalized spacial score (nSPS) is 16.8. The minimum Gasteiger partial charge on any atom is -0.493 e. The molecular formula is C16H13F2NO2. The minimum absolute atomic E-state index is 0.166. The van der Waals surface area contributed by atoms with Crippen molar-refractivity contribution in [2.45, 2.75) is 12.5 Å². The SMILES string of the molecule is O=C(NC1CCOc2ccccc21)c1ccc(F)cc1F. The molecule has 1 heterocycles. The van der Waals surface area contributed by atoms with E-state index in [0.29, 0.717) is 24.8 Å². The topological polar surface area (TPSA) is 38.3 Å². The van der Waals surface area contributed by atoms with Crippen LogP contribution >= 0.6 is 0 Å². The average molecular weight is 289 g/mol. The molecule has 1 N–H and O–H groups in total. The first-order valence-electron chi connectivity index (χ1n) is 6.63. The number of fused-ring (bicyclic) bond motifs is 1. The van der Waals surface area contributed by atoms with Gasteiger partial charge in [0.05, 0.1) is 18.2 Å². The van der Waals surface area contributed by atoms with Crippen molar-refractivity contribution in [3.63, 3.8) is 0 Å². The van der Waals surface area contributed by atoms with E-state index in [1.165, 1.54) is 0 Å². The van der Waals surface area contributed by atoms with Gasteiger partial charge in [-0.25, -0.2) is 8.78 Å². The highest BCUT2D eigenvalue weighted by atomic mass is 19.1. The second kappa shape index (κ2) is 5.52. The first-order chi connectivity index (χ1) is 10.1. The quantitative estimate of drug-likeness (QED) is 0.922. The molecule has 108 valence electrons. The first-order valence-corrected chi connectivity index (χ1v) is 6.63. The van der Waals surface area contributed by atoms with Crippen LogP contribution in [0.2, 0.25) is 0 Å². The number of carbonyl (C=O) groups excluding carboxylic acids is 1. The Kier molecular flexibility index (Phi) is 3.56. The number of amides is 1. The lowest BCUT2D eigenvalue weighted by Crippen LogP contribution is -2.32. The van der Waals surface area contributed by atoms with Crippen LogP contribution in [0.25, 0.3) is 0 Å². The Labute approximate surface area is 120 Å². The van der Waals surface area contributed by atoms with Gasteiger partial charge in [0.25, 0.3) is 5.91 Å². The zero-order valence-corrected chi connectivity index (χ0v) is 11.1. The summed E-state index contributed by atoms with van der Waals surface area (Å²) in [4.78, 5) is 12.1. The van der Waals surface area contributed by atoms with Gasteiger partial charge in [0.1, 0.15) is 17.4 Å². The number of para-hydroxylation sites is 1. The molecule has 0 aliphatic carbocycles. The third-order valence-corrected chi connectivity index (χ3v) is 3.44. The molecule has 21 heavy (non-hydrogen) atoms. The Hall–Kier alpha value is -2.43. The van der Waals surface area contributed by atoms with Gasteiger partial charge in [-0.15, -0.1) is 0 Å². The third-order valence-electron chi connectivity index (χ3n) is 3.44. The van der Waals surface area contributed by atoms with Gasteiger partial charge in [-0.1, -0.05) is 18.2 Å². The molecule has 1 atom stereocenters. The van der Waals surface area contributed by atoms with Crippen molar-refractivity contribution in [3.05, 3.63) is 65.2 Å². The van der Waals surface area contributed by atoms with Crippen LogP contribution in [0.4, 0.5) is 8.78 Å². The molecular weight excluding hydrogens is 276 g/mol. The largest absolute Gasteiger partial charge is 0.493 e. The summed E-state index contributed by atoms with van der Waals surface area (Å²) in [5.74, 6) is -1.42. The van der Waals surface area contributed by atoms with Gasteiger partial charge >= 0.3 is 0 Å². The van der Waals surface area contributed by atoms with Crippen molar-refractivity contribution >= 4 is 5.91 Å². The highest BCUT2D eigenvalue weighted by Gasteiger charge is 2.24. The van der Waals surface area contributed by atoms with E-state index in [4.69, 9.17) is 4.74 Å². The molecule has 0 bridgehead atoms. The zero-order valence-electron chi connectivity index (χ0n) is 11.1. The highest BCUT2D eigenvalue weighted by molar-refractivity contribution is 5.94. The third kappa shape index (κ3) is 2.72. The molecule has 0 radical (unpaired) electrons. The van der Waals surface area contributed by atoms with E-state index >= 15 is 0 Å². The maximum absolute atomic E-state index is 13.6. The van der Waals surface area contributed by atoms with Gasteiger partial charge in [-0.05, 0) is 18.2 Å². The van der Waals surface area contributed by atoms with Crippen LogP contribution in [0.3, 0.4) is 0 Å². The lowest BCUT2D eigenvalue weighted by molar-refractivity contribution is 0.0920. The van der Waals surface area contributed by atoms with Gasteiger partial charge in [-0.3, -0.25) is 4.79 Å². The van der Waals surface area contributed by atoms with E-state index in [9.17, 15) is 13.6 Å². The van der Waals surface area contributed by atoms with E-state index < -0.39 is 17.5 Å². The number of benzene rings is 2. The molecule has 3 rings (SSSR count). The number of carbonyl (C=O) groups is 1. The van der Waals surface area contributed by atoms with Crippen molar-refractivity contribution in [2.24, 2.45) is 0 Å². The standard InChI is InChI=1S/C16H13F2NO2/c17-10-5-6-11(13(18)9-10)16(20)19-14-7-8-21-15-4-2-1-3-12(14)15/h1-6,9,14H,7-8H2,(H,19,20). The number of ether oxygens (including phenoxy) is 1. The van der Waals surface area contributed by atoms with Crippen molar-refractivity contribution in [2.75, 3.05) is 6.61 Å². The molecule has 1 unspecified atom stereocenters. The summed E-state index contributed by atoms with van der Waals surface area (Å²) in [6.07, 6.45) is 0.603. The fourth-order valence-electron chi connectivity index (χ4n) is 2.40. The second-order valence-electron chi connectivity index (χ2n) is 4.83. The number of halogens is 2. The van der Waals surface area contributed by atoms with E-state index in [0.717, 1.165) is 17.7 Å². The van der Waals surface area contributed by atoms with Gasteiger partial charge in [0.15, 0.2) is 0 Å². The number of rotatable bonds is 2. The molecule has 1 aliphatic heterocycles. The molecule has 0 saturated carbocycles. The monoisotopic (exact) mass is 289 g/mol. The minimum atomic E-state index is -0.868. The second-order valence-corrected chi connectivity index (χ2v) is 4.83. The summed E-state index contributed by atoms with van der Waals surface area (Å²) in [7, 11) is 0. The van der Waals surface area contributed by atoms with Gasteiger partial charge in [-0.2, -0.15) is 0 Å². The van der Waals surface area contributed by atoms with Crippen LogP contribution in [-0.2, 0) is 0 Å². The van der Waals surface area contributed by atoms with Gasteiger partial charge < -0.3 is 10.1 Å². The van der Waals surface area contributed by atoms with Crippen molar-refractivity contribution in [1.29, 1.82) is 0 Å². The summed E-state index contributed by atoms with van der Waals surface area (Å²) in [5, 5.41) is 2.77. The van der Waals surface area contributed by atoms with Crippen LogP contribution in [-0.4, -0.2) is 12.5 Å². The highest BCUT2D eigenvalue weighted by Crippen LogP contribution is 2.31. The maximum atomic E-state index is 13.6. The molecule has 3 nitrogen and oxygen atoms in total. The molecule has 1 amide bonds. The molecule has 2 aromatic rings. The van der Waals surface area contributed by atoms with E-state index in [1.54, 1.807) is 0 Å². The Morgan fingerprint density at radius 1 is 1.19 bits per heavy atom. The van der Waals surface area contributed by atoms with E-state index in [-0.39, 0.29) is 11.6 Å². The average Bonchev–Trinajstić information content (AvgIpc) is 2.47. The fraction of sp³-hybridized carbons (Fsp3) is 0.188. The Morgan fingerprint density at radius 2 is 2.00 bits per heavy atom. The van der Waals surface area contributed by atoms with E-state index in [1.807, 2.05) is 24.3 Å².